The van der Waals surface area contributed by atoms with E-state index in [0.717, 1.165) is 31.4 Å². The van der Waals surface area contributed by atoms with Crippen molar-refractivity contribution in [2.75, 3.05) is 11.9 Å². The van der Waals surface area contributed by atoms with Crippen molar-refractivity contribution >= 4 is 17.5 Å². The van der Waals surface area contributed by atoms with Crippen LogP contribution in [0.3, 0.4) is 0 Å². The molecule has 1 aromatic heterocycles. The largest absolute Gasteiger partial charge is 0.350 e. The molecule has 0 saturated heterocycles. The van der Waals surface area contributed by atoms with E-state index in [0.29, 0.717) is 6.54 Å². The number of carbonyl (C=O) groups is 2. The number of aromatic nitrogens is 1. The van der Waals surface area contributed by atoms with Gasteiger partial charge in [0.15, 0.2) is 0 Å². The number of halogens is 2. The summed E-state index contributed by atoms with van der Waals surface area (Å²) in [6.45, 7) is 0.489. The van der Waals surface area contributed by atoms with Crippen LogP contribution in [-0.2, 0) is 0 Å². The van der Waals surface area contributed by atoms with Crippen molar-refractivity contribution in [1.82, 2.24) is 10.3 Å². The monoisotopic (exact) mass is 385 g/mol. The van der Waals surface area contributed by atoms with E-state index in [2.05, 4.69) is 21.7 Å². The summed E-state index contributed by atoms with van der Waals surface area (Å²) in [5, 5.41) is 4.98. The Kier molecular flexibility index (Phi) is 6.47. The van der Waals surface area contributed by atoms with Gasteiger partial charge in [0, 0.05) is 18.3 Å². The zero-order valence-corrected chi connectivity index (χ0v) is 15.3. The lowest BCUT2D eigenvalue weighted by atomic mass is 9.97. The predicted molar refractivity (Wildman–Crippen MR) is 102 cm³/mol. The topological polar surface area (TPSA) is 71.1 Å². The minimum Gasteiger partial charge on any atom is -0.350 e. The number of nitrogens with one attached hydrogen (secondary N) is 2. The molecule has 0 aliphatic heterocycles. The fourth-order valence-corrected chi connectivity index (χ4v) is 3.06. The highest BCUT2D eigenvalue weighted by atomic mass is 19.1. The minimum absolute atomic E-state index is 0.0688. The maximum Gasteiger partial charge on any atom is 0.269 e. The first-order chi connectivity index (χ1) is 13.5. The van der Waals surface area contributed by atoms with E-state index in [9.17, 15) is 18.4 Å². The second kappa shape index (κ2) is 9.21. The third kappa shape index (κ3) is 5.00. The Morgan fingerprint density at radius 1 is 1.07 bits per heavy atom. The van der Waals surface area contributed by atoms with Gasteiger partial charge in [-0.1, -0.05) is 17.7 Å². The van der Waals surface area contributed by atoms with Crippen molar-refractivity contribution in [3.63, 3.8) is 0 Å². The normalized spacial score (nSPS) is 13.6. The van der Waals surface area contributed by atoms with Gasteiger partial charge in [-0.15, -0.1) is 0 Å². The number of allylic oxidation sites excluding steroid dienone is 1. The maximum absolute atomic E-state index is 13.7. The predicted octanol–water partition coefficient (Wildman–Crippen LogP) is 4.23. The molecular formula is C21H21F2N3O2. The van der Waals surface area contributed by atoms with E-state index in [1.54, 1.807) is 0 Å². The molecule has 2 N–H and O–H groups in total. The number of para-hydroxylation sites is 1. The summed E-state index contributed by atoms with van der Waals surface area (Å²) in [6.07, 6.45) is 8.87. The lowest BCUT2D eigenvalue weighted by Crippen LogP contribution is -2.26. The molecule has 1 heterocycles. The van der Waals surface area contributed by atoms with Gasteiger partial charge in [-0.05, 0) is 56.4 Å². The van der Waals surface area contributed by atoms with Crippen LogP contribution in [0.2, 0.25) is 0 Å². The van der Waals surface area contributed by atoms with Gasteiger partial charge in [0.2, 0.25) is 0 Å². The number of pyridine rings is 1. The molecule has 3 rings (SSSR count). The maximum atomic E-state index is 13.7. The Morgan fingerprint density at radius 2 is 1.86 bits per heavy atom. The van der Waals surface area contributed by atoms with E-state index >= 15 is 0 Å². The van der Waals surface area contributed by atoms with Crippen molar-refractivity contribution in [1.29, 1.82) is 0 Å². The van der Waals surface area contributed by atoms with Gasteiger partial charge in [0.05, 0.1) is 0 Å². The summed E-state index contributed by atoms with van der Waals surface area (Å²) >= 11 is 0. The van der Waals surface area contributed by atoms with E-state index in [-0.39, 0.29) is 11.3 Å². The number of rotatable bonds is 6. The van der Waals surface area contributed by atoms with Gasteiger partial charge >= 0.3 is 0 Å². The minimum atomic E-state index is -0.877. The zero-order valence-electron chi connectivity index (χ0n) is 15.3. The van der Waals surface area contributed by atoms with E-state index < -0.39 is 29.1 Å². The number of amides is 2. The number of hydrogen-bond donors (Lipinski definition) is 2. The molecule has 0 fully saturated rings. The Balaban J connectivity index is 1.61. The van der Waals surface area contributed by atoms with Crippen LogP contribution >= 0.6 is 0 Å². The molecule has 0 atom stereocenters. The molecule has 7 heteroatoms. The Labute approximate surface area is 161 Å². The molecule has 0 unspecified atom stereocenters. The second-order valence-corrected chi connectivity index (χ2v) is 6.59. The molecule has 2 amide bonds. The van der Waals surface area contributed by atoms with Crippen LogP contribution < -0.4 is 10.6 Å². The van der Waals surface area contributed by atoms with Gasteiger partial charge in [-0.25, -0.2) is 8.78 Å². The quantitative estimate of drug-likeness (QED) is 0.731. The van der Waals surface area contributed by atoms with Gasteiger partial charge in [-0.2, -0.15) is 0 Å². The number of nitrogens with zero attached hydrogens (tertiary/aromatic N) is 1. The highest BCUT2D eigenvalue weighted by Crippen LogP contribution is 2.20. The molecule has 0 bridgehead atoms. The first kappa shape index (κ1) is 19.7. The van der Waals surface area contributed by atoms with Crippen molar-refractivity contribution in [3.05, 3.63) is 71.1 Å². The van der Waals surface area contributed by atoms with Gasteiger partial charge in [0.25, 0.3) is 11.8 Å². The second-order valence-electron chi connectivity index (χ2n) is 6.59. The third-order valence-electron chi connectivity index (χ3n) is 4.57. The summed E-state index contributed by atoms with van der Waals surface area (Å²) < 4.78 is 27.4. The Morgan fingerprint density at radius 3 is 2.57 bits per heavy atom. The van der Waals surface area contributed by atoms with E-state index in [1.165, 1.54) is 42.8 Å². The molecule has 0 radical (unpaired) electrons. The summed E-state index contributed by atoms with van der Waals surface area (Å²) in [5.41, 5.74) is 0.965. The molecule has 0 saturated carbocycles. The van der Waals surface area contributed by atoms with Crippen LogP contribution in [-0.4, -0.2) is 23.3 Å². The van der Waals surface area contributed by atoms with Gasteiger partial charge in [-0.3, -0.25) is 14.6 Å². The summed E-state index contributed by atoms with van der Waals surface area (Å²) in [6, 6.07) is 5.97. The lowest BCUT2D eigenvalue weighted by Gasteiger charge is -2.13. The molecular weight excluding hydrogens is 364 g/mol. The molecule has 0 spiro atoms. The molecule has 2 aromatic rings. The lowest BCUT2D eigenvalue weighted by molar-refractivity contribution is 0.0949. The fourth-order valence-electron chi connectivity index (χ4n) is 3.06. The molecule has 1 aliphatic rings. The molecule has 28 heavy (non-hydrogen) atoms. The number of hydrogen-bond acceptors (Lipinski definition) is 3. The van der Waals surface area contributed by atoms with Crippen LogP contribution in [0.4, 0.5) is 14.5 Å². The summed E-state index contributed by atoms with van der Waals surface area (Å²) in [7, 11) is 0. The average Bonchev–Trinajstić information content (AvgIpc) is 2.71. The van der Waals surface area contributed by atoms with Crippen LogP contribution in [0.5, 0.6) is 0 Å². The molecule has 146 valence electrons. The van der Waals surface area contributed by atoms with E-state index in [4.69, 9.17) is 0 Å². The van der Waals surface area contributed by atoms with Crippen molar-refractivity contribution < 1.29 is 18.4 Å². The fraction of sp³-hybridized carbons (Fsp3) is 0.286. The van der Waals surface area contributed by atoms with Gasteiger partial charge < -0.3 is 10.6 Å². The Bertz CT molecular complexity index is 892. The SMILES string of the molecule is O=C(Nc1c(F)cccc1F)c1ccnc(C(=O)NCCC2=CCCCC2)c1. The standard InChI is InChI=1S/C21H21F2N3O2/c22-16-7-4-8-17(23)19(16)26-20(27)15-10-12-24-18(13-15)21(28)25-11-9-14-5-2-1-3-6-14/h4-5,7-8,10,12-13H,1-3,6,9,11H2,(H,25,28)(H,26,27). The highest BCUT2D eigenvalue weighted by Gasteiger charge is 2.16. The number of anilines is 1. The number of carbonyl (C=O) groups excluding carboxylic acids is 2. The first-order valence-electron chi connectivity index (χ1n) is 9.22. The third-order valence-corrected chi connectivity index (χ3v) is 4.57. The van der Waals surface area contributed by atoms with Crippen LogP contribution in [0, 0.1) is 11.6 Å². The smallest absolute Gasteiger partial charge is 0.269 e. The summed E-state index contributed by atoms with van der Waals surface area (Å²) in [4.78, 5) is 28.6. The molecule has 5 nitrogen and oxygen atoms in total. The van der Waals surface area contributed by atoms with Crippen LogP contribution in [0.25, 0.3) is 0 Å². The van der Waals surface area contributed by atoms with Crippen molar-refractivity contribution in [2.45, 2.75) is 32.1 Å². The van der Waals surface area contributed by atoms with E-state index in [1.807, 2.05) is 0 Å². The zero-order chi connectivity index (χ0) is 19.9. The van der Waals surface area contributed by atoms with Crippen LogP contribution in [0.15, 0.2) is 48.2 Å². The average molecular weight is 385 g/mol. The van der Waals surface area contributed by atoms with Gasteiger partial charge in [0.1, 0.15) is 23.0 Å². The van der Waals surface area contributed by atoms with Crippen molar-refractivity contribution in [3.8, 4) is 0 Å². The first-order valence-corrected chi connectivity index (χ1v) is 9.22. The molecule has 1 aromatic carbocycles. The van der Waals surface area contributed by atoms with Crippen molar-refractivity contribution in [2.24, 2.45) is 0 Å². The summed E-state index contributed by atoms with van der Waals surface area (Å²) in [5.74, 6) is -2.88. The highest BCUT2D eigenvalue weighted by molar-refractivity contribution is 6.05. The Hall–Kier alpha value is -3.09. The van der Waals surface area contributed by atoms with Crippen LogP contribution in [0.1, 0.15) is 53.0 Å². The number of benzene rings is 1. The molecule has 1 aliphatic carbocycles.